The third-order valence-corrected chi connectivity index (χ3v) is 4.87. The van der Waals surface area contributed by atoms with Gasteiger partial charge in [-0.1, -0.05) is 0 Å². The van der Waals surface area contributed by atoms with Crippen molar-refractivity contribution in [2.75, 3.05) is 44.7 Å². The Balaban J connectivity index is 1.75. The van der Waals surface area contributed by atoms with Crippen molar-refractivity contribution >= 4 is 35.5 Å². The molecule has 28 heavy (non-hydrogen) atoms. The first-order chi connectivity index (χ1) is 13.6. The van der Waals surface area contributed by atoms with E-state index in [2.05, 4.69) is 14.9 Å². The molecule has 0 aromatic carbocycles. The number of aromatic hydroxyl groups is 1. The topological polar surface area (TPSA) is 91.4 Å². The van der Waals surface area contributed by atoms with Crippen molar-refractivity contribution in [1.29, 1.82) is 0 Å². The molecule has 0 spiro atoms. The number of nitrogens with zero attached hydrogens (tertiary/aromatic N) is 4. The summed E-state index contributed by atoms with van der Waals surface area (Å²) in [6.45, 7) is 5.01. The summed E-state index contributed by atoms with van der Waals surface area (Å²) in [5, 5.41) is 10.8. The van der Waals surface area contributed by atoms with Gasteiger partial charge in [0.25, 0.3) is 0 Å². The minimum absolute atomic E-state index is 0.0691. The van der Waals surface area contributed by atoms with Gasteiger partial charge in [-0.2, -0.15) is 0 Å². The fourth-order valence-corrected chi connectivity index (χ4v) is 3.33. The van der Waals surface area contributed by atoms with Gasteiger partial charge in [0.2, 0.25) is 5.88 Å². The van der Waals surface area contributed by atoms with E-state index >= 15 is 0 Å². The molecule has 2 aliphatic rings. The number of carbonyl (C=O) groups is 1. The predicted molar refractivity (Wildman–Crippen MR) is 106 cm³/mol. The highest BCUT2D eigenvalue weighted by Crippen LogP contribution is 2.40. The molecule has 2 aromatic rings. The number of ether oxygens (including phenoxy) is 1. The molecule has 1 saturated heterocycles. The lowest BCUT2D eigenvalue weighted by Crippen LogP contribution is -2.44. The normalized spacial score (nSPS) is 17.9. The summed E-state index contributed by atoms with van der Waals surface area (Å²) in [5.41, 5.74) is 1.67. The number of hydrogen-bond acceptors (Lipinski definition) is 8. The molecule has 0 bridgehead atoms. The smallest absolute Gasteiger partial charge is 0.347 e. The molecule has 0 unspecified atom stereocenters. The second-order valence-electron chi connectivity index (χ2n) is 6.74. The van der Waals surface area contributed by atoms with E-state index in [-0.39, 0.29) is 23.7 Å². The highest BCUT2D eigenvalue weighted by molar-refractivity contribution is 6.21. The third-order valence-electron chi connectivity index (χ3n) is 4.87. The zero-order valence-corrected chi connectivity index (χ0v) is 15.9. The molecule has 0 atom stereocenters. The number of carbonyl (C=O) groups excluding carboxylic acids is 1. The summed E-state index contributed by atoms with van der Waals surface area (Å²) < 4.78 is 11.1. The van der Waals surface area contributed by atoms with Crippen LogP contribution in [0.2, 0.25) is 0 Å². The molecule has 1 N–H and O–H groups in total. The van der Waals surface area contributed by atoms with Crippen LogP contribution in [0.3, 0.4) is 0 Å². The number of piperazine rings is 1. The maximum Gasteiger partial charge on any atom is 0.347 e. The molecular formula is C20H22N4O4. The second-order valence-corrected chi connectivity index (χ2v) is 6.74. The van der Waals surface area contributed by atoms with Gasteiger partial charge in [0.15, 0.2) is 22.9 Å². The Morgan fingerprint density at radius 3 is 2.89 bits per heavy atom. The molecule has 2 aromatic heterocycles. The van der Waals surface area contributed by atoms with Gasteiger partial charge in [-0.3, -0.25) is 0 Å². The summed E-state index contributed by atoms with van der Waals surface area (Å²) in [6, 6.07) is 3.72. The summed E-state index contributed by atoms with van der Waals surface area (Å²) in [7, 11) is 2.05. The Labute approximate surface area is 162 Å². The zero-order valence-electron chi connectivity index (χ0n) is 15.9. The first kappa shape index (κ1) is 18.2. The summed E-state index contributed by atoms with van der Waals surface area (Å²) in [5.74, 6) is 0.354. The van der Waals surface area contributed by atoms with E-state index in [0.717, 1.165) is 24.2 Å². The molecule has 0 saturated carbocycles. The molecular weight excluding hydrogens is 360 g/mol. The average molecular weight is 382 g/mol. The van der Waals surface area contributed by atoms with Crippen molar-refractivity contribution in [3.63, 3.8) is 0 Å². The van der Waals surface area contributed by atoms with Crippen molar-refractivity contribution in [2.45, 2.75) is 6.92 Å². The average Bonchev–Trinajstić information content (AvgIpc) is 3.25. The van der Waals surface area contributed by atoms with E-state index in [1.807, 2.05) is 24.1 Å². The molecule has 146 valence electrons. The van der Waals surface area contributed by atoms with Crippen LogP contribution in [0.4, 0.5) is 11.7 Å². The lowest BCUT2D eigenvalue weighted by molar-refractivity contribution is 0.0523. The largest absolute Gasteiger partial charge is 0.504 e. The maximum absolute atomic E-state index is 12.5. The van der Waals surface area contributed by atoms with Gasteiger partial charge in [-0.15, -0.1) is 0 Å². The van der Waals surface area contributed by atoms with Gasteiger partial charge in [0.05, 0.1) is 6.61 Å². The number of rotatable bonds is 4. The van der Waals surface area contributed by atoms with E-state index in [1.54, 1.807) is 25.4 Å². The second kappa shape index (κ2) is 7.47. The summed E-state index contributed by atoms with van der Waals surface area (Å²) in [4.78, 5) is 25.1. The predicted octanol–water partition coefficient (Wildman–Crippen LogP) is 2.57. The van der Waals surface area contributed by atoms with Crippen LogP contribution in [0.5, 0.6) is 5.75 Å². The summed E-state index contributed by atoms with van der Waals surface area (Å²) >= 11 is 0. The molecule has 0 aliphatic carbocycles. The first-order valence-electron chi connectivity index (χ1n) is 9.26. The number of furan rings is 1. The van der Waals surface area contributed by atoms with Crippen LogP contribution >= 0.6 is 0 Å². The fraction of sp³-hybridized carbons (Fsp3) is 0.350. The number of anilines is 1. The van der Waals surface area contributed by atoms with Crippen molar-refractivity contribution in [3.8, 4) is 5.75 Å². The van der Waals surface area contributed by atoms with E-state index in [4.69, 9.17) is 9.15 Å². The van der Waals surface area contributed by atoms with Crippen LogP contribution in [0.1, 0.15) is 28.6 Å². The monoisotopic (exact) mass is 382 g/mol. The molecule has 4 rings (SSSR count). The molecule has 2 aliphatic heterocycles. The minimum atomic E-state index is -0.593. The molecule has 0 amide bonds. The molecule has 8 nitrogen and oxygen atoms in total. The number of allylic oxidation sites excluding steroid dienone is 1. The van der Waals surface area contributed by atoms with Gasteiger partial charge in [-0.25, -0.2) is 14.8 Å². The number of pyridine rings is 1. The van der Waals surface area contributed by atoms with Crippen molar-refractivity contribution in [3.05, 3.63) is 35.2 Å². The van der Waals surface area contributed by atoms with Gasteiger partial charge < -0.3 is 24.1 Å². The van der Waals surface area contributed by atoms with Crippen molar-refractivity contribution in [1.82, 2.24) is 9.88 Å². The highest BCUT2D eigenvalue weighted by Gasteiger charge is 2.31. The van der Waals surface area contributed by atoms with E-state index in [1.165, 1.54) is 0 Å². The Hall–Kier alpha value is -3.13. The Morgan fingerprint density at radius 1 is 1.36 bits per heavy atom. The number of likely N-dealkylation sites (N-methyl/N-ethyl adjacent to an activating group) is 1. The molecule has 8 heteroatoms. The summed E-state index contributed by atoms with van der Waals surface area (Å²) in [6.07, 6.45) is 5.02. The van der Waals surface area contributed by atoms with Crippen LogP contribution in [0.15, 0.2) is 27.7 Å². The zero-order chi connectivity index (χ0) is 19.7. The van der Waals surface area contributed by atoms with Gasteiger partial charge in [-0.05, 0) is 32.2 Å². The van der Waals surface area contributed by atoms with Crippen LogP contribution in [-0.2, 0) is 4.74 Å². The lowest BCUT2D eigenvalue weighted by Gasteiger charge is -2.32. The van der Waals surface area contributed by atoms with E-state index in [9.17, 15) is 9.90 Å². The number of hydrogen-bond donors (Lipinski definition) is 1. The van der Waals surface area contributed by atoms with Crippen molar-refractivity contribution < 1.29 is 19.1 Å². The van der Waals surface area contributed by atoms with Crippen molar-refractivity contribution in [2.24, 2.45) is 4.99 Å². The first-order valence-corrected chi connectivity index (χ1v) is 9.26. The molecule has 0 radical (unpaired) electrons. The van der Waals surface area contributed by atoms with E-state index in [0.29, 0.717) is 24.8 Å². The quantitative estimate of drug-likeness (QED) is 0.813. The number of aliphatic imine (C=N–C) groups is 1. The Kier molecular flexibility index (Phi) is 4.87. The molecule has 1 fully saturated rings. The van der Waals surface area contributed by atoms with Gasteiger partial charge >= 0.3 is 5.97 Å². The van der Waals surface area contributed by atoms with Crippen LogP contribution in [0.25, 0.3) is 11.6 Å². The number of aromatic nitrogens is 1. The number of esters is 1. The van der Waals surface area contributed by atoms with Crippen LogP contribution in [0, 0.1) is 0 Å². The Bertz CT molecular complexity index is 955. The van der Waals surface area contributed by atoms with Crippen LogP contribution in [-0.4, -0.2) is 67.0 Å². The SMILES string of the molecule is CCOC(=O)c1c(N2CCN(C)CC2)oc(C=C2C=Nc3ncccc32)c1O. The number of fused-ring (bicyclic) bond motifs is 1. The van der Waals surface area contributed by atoms with Crippen LogP contribution < -0.4 is 4.90 Å². The standard InChI is InChI=1S/C20H22N4O4/c1-3-27-20(26)16-17(25)15(28-19(16)24-9-7-23(2)8-10-24)11-13-12-22-18-14(13)5-4-6-21-18/h4-6,11-12,25H,3,7-10H2,1-2H3. The minimum Gasteiger partial charge on any atom is -0.504 e. The maximum atomic E-state index is 12.5. The Morgan fingerprint density at radius 2 is 2.14 bits per heavy atom. The fourth-order valence-electron chi connectivity index (χ4n) is 3.33. The molecule has 4 heterocycles. The van der Waals surface area contributed by atoms with Gasteiger partial charge in [0, 0.05) is 49.7 Å². The van der Waals surface area contributed by atoms with E-state index < -0.39 is 5.97 Å². The van der Waals surface area contributed by atoms with Gasteiger partial charge in [0.1, 0.15) is 0 Å². The third kappa shape index (κ3) is 3.27. The lowest BCUT2D eigenvalue weighted by atomic mass is 10.1. The highest BCUT2D eigenvalue weighted by atomic mass is 16.5.